The predicted octanol–water partition coefficient (Wildman–Crippen LogP) is 2.45. The molecule has 0 saturated carbocycles. The van der Waals surface area contributed by atoms with Crippen LogP contribution in [0.15, 0.2) is 0 Å². The Balaban J connectivity index is 1.65. The van der Waals surface area contributed by atoms with E-state index >= 15 is 0 Å². The third-order valence-corrected chi connectivity index (χ3v) is 5.40. The summed E-state index contributed by atoms with van der Waals surface area (Å²) in [5.41, 5.74) is 0. The minimum atomic E-state index is 0.902. The molecule has 100 valence electrons. The summed E-state index contributed by atoms with van der Waals surface area (Å²) in [6.45, 7) is 8.95. The first-order valence-corrected chi connectivity index (χ1v) is 8.52. The Kier molecular flexibility index (Phi) is 6.16. The van der Waals surface area contributed by atoms with E-state index in [1.54, 1.807) is 0 Å². The Morgan fingerprint density at radius 3 is 3.06 bits per heavy atom. The van der Waals surface area contributed by atoms with Crippen LogP contribution in [0.3, 0.4) is 0 Å². The van der Waals surface area contributed by atoms with Crippen molar-refractivity contribution in [2.24, 2.45) is 11.8 Å². The third kappa shape index (κ3) is 4.80. The van der Waals surface area contributed by atoms with Gasteiger partial charge in [-0.3, -0.25) is 0 Å². The molecule has 1 N–H and O–H groups in total. The van der Waals surface area contributed by atoms with Crippen LogP contribution in [0, 0.1) is 11.8 Å². The van der Waals surface area contributed by atoms with Crippen molar-refractivity contribution in [3.05, 3.63) is 0 Å². The minimum Gasteiger partial charge on any atom is -0.316 e. The van der Waals surface area contributed by atoms with Gasteiger partial charge in [0.2, 0.25) is 0 Å². The molecule has 2 unspecified atom stereocenters. The Bertz CT molecular complexity index is 196. The van der Waals surface area contributed by atoms with Crippen molar-refractivity contribution < 1.29 is 0 Å². The second-order valence-corrected chi connectivity index (χ2v) is 6.90. The summed E-state index contributed by atoms with van der Waals surface area (Å²) in [5.74, 6) is 4.56. The average molecular weight is 256 g/mol. The zero-order valence-electron chi connectivity index (χ0n) is 11.3. The molecule has 0 amide bonds. The van der Waals surface area contributed by atoms with E-state index in [1.165, 1.54) is 69.9 Å². The lowest BCUT2D eigenvalue weighted by atomic mass is 9.85. The zero-order chi connectivity index (χ0) is 11.9. The van der Waals surface area contributed by atoms with Crippen LogP contribution < -0.4 is 5.32 Å². The average Bonchev–Trinajstić information content (AvgIpc) is 2.65. The molecule has 0 spiro atoms. The normalized spacial score (nSPS) is 29.8. The Hall–Kier alpha value is 0.270. The molecule has 0 aliphatic carbocycles. The van der Waals surface area contributed by atoms with Crippen LogP contribution in [-0.2, 0) is 0 Å². The van der Waals surface area contributed by atoms with Crippen molar-refractivity contribution in [3.63, 3.8) is 0 Å². The number of hydrogen-bond donors (Lipinski definition) is 1. The highest BCUT2D eigenvalue weighted by molar-refractivity contribution is 7.99. The summed E-state index contributed by atoms with van der Waals surface area (Å²) in [6.07, 6.45) is 5.63. The Labute approximate surface area is 111 Å². The molecule has 0 bridgehead atoms. The molecule has 2 saturated heterocycles. The van der Waals surface area contributed by atoms with Crippen molar-refractivity contribution in [1.29, 1.82) is 0 Å². The van der Waals surface area contributed by atoms with E-state index in [-0.39, 0.29) is 0 Å². The topological polar surface area (TPSA) is 15.3 Å². The molecular formula is C14H28N2S. The highest BCUT2D eigenvalue weighted by atomic mass is 32.2. The molecule has 2 aliphatic rings. The molecule has 2 heterocycles. The number of thioether (sulfide) groups is 1. The summed E-state index contributed by atoms with van der Waals surface area (Å²) in [6, 6.07) is 0. The van der Waals surface area contributed by atoms with E-state index < -0.39 is 0 Å². The number of nitrogens with zero attached hydrogens (tertiary/aromatic N) is 1. The molecule has 0 aromatic heterocycles. The Morgan fingerprint density at radius 2 is 2.24 bits per heavy atom. The van der Waals surface area contributed by atoms with Gasteiger partial charge in [-0.2, -0.15) is 11.8 Å². The molecule has 2 aliphatic heterocycles. The van der Waals surface area contributed by atoms with Gasteiger partial charge in [0.25, 0.3) is 0 Å². The first-order valence-electron chi connectivity index (χ1n) is 7.37. The highest BCUT2D eigenvalue weighted by Crippen LogP contribution is 2.23. The molecule has 0 aromatic carbocycles. The van der Waals surface area contributed by atoms with E-state index in [0.717, 1.165) is 11.8 Å². The van der Waals surface area contributed by atoms with Crippen molar-refractivity contribution in [2.75, 3.05) is 44.2 Å². The van der Waals surface area contributed by atoms with Gasteiger partial charge in [0.05, 0.1) is 0 Å². The largest absolute Gasteiger partial charge is 0.316 e. The number of piperidine rings is 1. The fraction of sp³-hybridized carbons (Fsp3) is 1.00. The number of hydrogen-bond acceptors (Lipinski definition) is 3. The van der Waals surface area contributed by atoms with Crippen LogP contribution in [0.4, 0.5) is 0 Å². The summed E-state index contributed by atoms with van der Waals surface area (Å²) in [7, 11) is 0. The van der Waals surface area contributed by atoms with E-state index in [1.807, 2.05) is 0 Å². The zero-order valence-corrected chi connectivity index (χ0v) is 12.1. The maximum Gasteiger partial charge on any atom is 0.00723 e. The highest BCUT2D eigenvalue weighted by Gasteiger charge is 2.20. The fourth-order valence-corrected chi connectivity index (χ4v) is 3.93. The van der Waals surface area contributed by atoms with Gasteiger partial charge in [0.1, 0.15) is 0 Å². The first-order chi connectivity index (χ1) is 8.36. The second kappa shape index (κ2) is 7.65. The maximum atomic E-state index is 3.55. The SMILES string of the molecule is CC(CCN1CCCSCC1)C1CCCNC1. The van der Waals surface area contributed by atoms with E-state index in [0.29, 0.717) is 0 Å². The third-order valence-electron chi connectivity index (χ3n) is 4.36. The summed E-state index contributed by atoms with van der Waals surface area (Å²) < 4.78 is 0. The monoisotopic (exact) mass is 256 g/mol. The van der Waals surface area contributed by atoms with Gasteiger partial charge in [-0.25, -0.2) is 0 Å². The molecule has 2 fully saturated rings. The lowest BCUT2D eigenvalue weighted by Crippen LogP contribution is -2.35. The molecule has 2 nitrogen and oxygen atoms in total. The number of rotatable bonds is 4. The summed E-state index contributed by atoms with van der Waals surface area (Å²) >= 11 is 2.13. The van der Waals surface area contributed by atoms with Gasteiger partial charge in [-0.15, -0.1) is 0 Å². The van der Waals surface area contributed by atoms with Crippen molar-refractivity contribution in [2.45, 2.75) is 32.6 Å². The van der Waals surface area contributed by atoms with Gasteiger partial charge in [-0.1, -0.05) is 6.92 Å². The second-order valence-electron chi connectivity index (χ2n) is 5.68. The first kappa shape index (κ1) is 13.7. The minimum absolute atomic E-state index is 0.902. The lowest BCUT2D eigenvalue weighted by Gasteiger charge is -2.30. The fourth-order valence-electron chi connectivity index (χ4n) is 3.01. The quantitative estimate of drug-likeness (QED) is 0.832. The lowest BCUT2D eigenvalue weighted by molar-refractivity contribution is 0.220. The van der Waals surface area contributed by atoms with Crippen molar-refractivity contribution in [3.8, 4) is 0 Å². The van der Waals surface area contributed by atoms with E-state index in [4.69, 9.17) is 0 Å². The maximum absolute atomic E-state index is 3.55. The molecule has 3 heteroatoms. The van der Waals surface area contributed by atoms with Gasteiger partial charge >= 0.3 is 0 Å². The molecule has 2 rings (SSSR count). The van der Waals surface area contributed by atoms with Crippen LogP contribution in [0.1, 0.15) is 32.6 Å². The van der Waals surface area contributed by atoms with Gasteiger partial charge < -0.3 is 10.2 Å². The van der Waals surface area contributed by atoms with Crippen LogP contribution in [0.2, 0.25) is 0 Å². The molecular weight excluding hydrogens is 228 g/mol. The molecule has 0 aromatic rings. The van der Waals surface area contributed by atoms with E-state index in [9.17, 15) is 0 Å². The van der Waals surface area contributed by atoms with Gasteiger partial charge in [-0.05, 0) is 69.5 Å². The predicted molar refractivity (Wildman–Crippen MR) is 77.8 cm³/mol. The van der Waals surface area contributed by atoms with Crippen LogP contribution in [0.5, 0.6) is 0 Å². The standard InChI is InChI=1S/C14H28N2S/c1-13(14-4-2-6-15-12-14)5-8-16-7-3-10-17-11-9-16/h13-15H,2-12H2,1H3. The van der Waals surface area contributed by atoms with Crippen LogP contribution in [0.25, 0.3) is 0 Å². The van der Waals surface area contributed by atoms with Crippen molar-refractivity contribution in [1.82, 2.24) is 10.2 Å². The van der Waals surface area contributed by atoms with Crippen LogP contribution >= 0.6 is 11.8 Å². The molecule has 2 atom stereocenters. The Morgan fingerprint density at radius 1 is 1.29 bits per heavy atom. The molecule has 0 radical (unpaired) electrons. The van der Waals surface area contributed by atoms with E-state index in [2.05, 4.69) is 28.9 Å². The smallest absolute Gasteiger partial charge is 0.00723 e. The van der Waals surface area contributed by atoms with Crippen LogP contribution in [-0.4, -0.2) is 49.1 Å². The van der Waals surface area contributed by atoms with Gasteiger partial charge in [0.15, 0.2) is 0 Å². The van der Waals surface area contributed by atoms with Gasteiger partial charge in [0, 0.05) is 12.3 Å². The molecule has 17 heavy (non-hydrogen) atoms. The van der Waals surface area contributed by atoms with Crippen molar-refractivity contribution >= 4 is 11.8 Å². The summed E-state index contributed by atoms with van der Waals surface area (Å²) in [4.78, 5) is 2.69. The summed E-state index contributed by atoms with van der Waals surface area (Å²) in [5, 5.41) is 3.55. The number of nitrogens with one attached hydrogen (secondary N) is 1.